The quantitative estimate of drug-likeness (QED) is 0.427. The van der Waals surface area contributed by atoms with Gasteiger partial charge in [-0.2, -0.15) is 0 Å². The van der Waals surface area contributed by atoms with E-state index >= 15 is 0 Å². The average Bonchev–Trinajstić information content (AvgIpc) is 3.25. The van der Waals surface area contributed by atoms with Crippen LogP contribution in [0.1, 0.15) is 12.0 Å². The first-order valence-corrected chi connectivity index (χ1v) is 11.2. The molecule has 7 nitrogen and oxygen atoms in total. The molecule has 0 radical (unpaired) electrons. The van der Waals surface area contributed by atoms with Crippen LogP contribution in [-0.4, -0.2) is 33.4 Å². The Hall–Kier alpha value is -3.39. The lowest BCUT2D eigenvalue weighted by atomic mass is 10.1. The van der Waals surface area contributed by atoms with Gasteiger partial charge in [-0.1, -0.05) is 47.6 Å². The van der Waals surface area contributed by atoms with E-state index in [0.717, 1.165) is 12.0 Å². The molecule has 0 atom stereocenters. The number of thioether (sulfide) groups is 1. The smallest absolute Gasteiger partial charge is 0.266 e. The predicted octanol–water partition coefficient (Wildman–Crippen LogP) is 3.52. The van der Waals surface area contributed by atoms with Crippen LogP contribution in [-0.2, 0) is 17.8 Å². The summed E-state index contributed by atoms with van der Waals surface area (Å²) in [4.78, 5) is 30.6. The van der Waals surface area contributed by atoms with Crippen LogP contribution in [0.4, 0.5) is 0 Å². The summed E-state index contributed by atoms with van der Waals surface area (Å²) in [6.07, 6.45) is 4.38. The number of amides is 1. The van der Waals surface area contributed by atoms with Gasteiger partial charge in [0.25, 0.3) is 11.3 Å². The molecule has 4 rings (SSSR count). The molecule has 0 fully saturated rings. The molecular formula is C23H22N4O3S. The number of benzene rings is 2. The molecule has 0 unspecified atom stereocenters. The summed E-state index contributed by atoms with van der Waals surface area (Å²) < 4.78 is 6.64. The monoisotopic (exact) mass is 434 g/mol. The molecule has 4 aromatic rings. The van der Waals surface area contributed by atoms with E-state index in [2.05, 4.69) is 39.7 Å². The van der Waals surface area contributed by atoms with Gasteiger partial charge < -0.3 is 9.84 Å². The number of fused-ring (bicyclic) bond motifs is 1. The van der Waals surface area contributed by atoms with E-state index < -0.39 is 0 Å². The maximum absolute atomic E-state index is 12.9. The largest absolute Gasteiger partial charge is 0.356 e. The third-order valence-corrected chi connectivity index (χ3v) is 5.73. The minimum Gasteiger partial charge on any atom is -0.356 e. The van der Waals surface area contributed by atoms with Crippen molar-refractivity contribution in [1.29, 1.82) is 0 Å². The Labute approximate surface area is 183 Å². The molecule has 31 heavy (non-hydrogen) atoms. The van der Waals surface area contributed by atoms with Crippen LogP contribution in [0, 0.1) is 0 Å². The van der Waals surface area contributed by atoms with E-state index in [-0.39, 0.29) is 30.1 Å². The van der Waals surface area contributed by atoms with Crippen molar-refractivity contribution in [3.8, 4) is 11.3 Å². The van der Waals surface area contributed by atoms with E-state index in [1.807, 2.05) is 36.6 Å². The Morgan fingerprint density at radius 3 is 2.65 bits per heavy atom. The summed E-state index contributed by atoms with van der Waals surface area (Å²) in [6.45, 7) is 0.781. The van der Waals surface area contributed by atoms with Gasteiger partial charge in [-0.15, -0.1) is 11.8 Å². The third kappa shape index (κ3) is 4.86. The molecule has 0 aliphatic rings. The highest BCUT2D eigenvalue weighted by molar-refractivity contribution is 7.98. The van der Waals surface area contributed by atoms with Gasteiger partial charge in [0, 0.05) is 30.0 Å². The zero-order chi connectivity index (χ0) is 21.6. The van der Waals surface area contributed by atoms with E-state index in [4.69, 9.17) is 4.52 Å². The fourth-order valence-electron chi connectivity index (χ4n) is 3.28. The minimum atomic E-state index is -0.271. The number of rotatable bonds is 8. The molecule has 0 spiro atoms. The number of nitrogens with zero attached hydrogens (tertiary/aromatic N) is 3. The number of hydrogen-bond acceptors (Lipinski definition) is 6. The minimum absolute atomic E-state index is 0.110. The summed E-state index contributed by atoms with van der Waals surface area (Å²) in [5.41, 5.74) is 2.33. The summed E-state index contributed by atoms with van der Waals surface area (Å²) in [5.74, 6) is -0.110. The molecule has 8 heteroatoms. The highest BCUT2D eigenvalue weighted by Gasteiger charge is 2.17. The lowest BCUT2D eigenvalue weighted by Crippen LogP contribution is -2.29. The van der Waals surface area contributed by atoms with Gasteiger partial charge in [0.2, 0.25) is 5.91 Å². The van der Waals surface area contributed by atoms with Crippen LogP contribution in [0.2, 0.25) is 0 Å². The Bertz CT molecular complexity index is 1230. The second-order valence-electron chi connectivity index (χ2n) is 7.02. The molecule has 2 aromatic carbocycles. The van der Waals surface area contributed by atoms with Crippen LogP contribution in [0.15, 0.2) is 75.1 Å². The van der Waals surface area contributed by atoms with Gasteiger partial charge in [0.1, 0.15) is 17.4 Å². The van der Waals surface area contributed by atoms with Crippen LogP contribution < -0.4 is 10.9 Å². The second-order valence-corrected chi connectivity index (χ2v) is 7.90. The van der Waals surface area contributed by atoms with Crippen LogP contribution in [0.25, 0.3) is 22.4 Å². The standard InChI is InChI=1S/C23H22N4O3S/c1-31-18-9-7-16(8-10-18)11-13-24-19(28)12-14-27-15-25-22-20(23(27)29)21(26-30-22)17-5-3-2-4-6-17/h2-10,15H,11-14H2,1H3,(H,24,28). The highest BCUT2D eigenvalue weighted by atomic mass is 32.2. The lowest BCUT2D eigenvalue weighted by Gasteiger charge is -2.07. The fraction of sp³-hybridized carbons (Fsp3) is 0.217. The Kier molecular flexibility index (Phi) is 6.47. The molecule has 2 aromatic heterocycles. The first-order chi connectivity index (χ1) is 15.2. The number of hydrogen-bond donors (Lipinski definition) is 1. The Morgan fingerprint density at radius 2 is 1.90 bits per heavy atom. The van der Waals surface area contributed by atoms with Crippen molar-refractivity contribution >= 4 is 28.8 Å². The molecule has 2 heterocycles. The maximum Gasteiger partial charge on any atom is 0.266 e. The van der Waals surface area contributed by atoms with Gasteiger partial charge in [-0.05, 0) is 30.4 Å². The van der Waals surface area contributed by atoms with Crippen LogP contribution >= 0.6 is 11.8 Å². The predicted molar refractivity (Wildman–Crippen MR) is 121 cm³/mol. The summed E-state index contributed by atoms with van der Waals surface area (Å²) in [6, 6.07) is 17.6. The van der Waals surface area contributed by atoms with E-state index in [1.54, 1.807) is 11.8 Å². The molecule has 158 valence electrons. The second kappa shape index (κ2) is 9.61. The van der Waals surface area contributed by atoms with E-state index in [1.165, 1.54) is 21.4 Å². The van der Waals surface area contributed by atoms with Crippen LogP contribution in [0.5, 0.6) is 0 Å². The molecule has 0 aliphatic heterocycles. The zero-order valence-corrected chi connectivity index (χ0v) is 17.9. The van der Waals surface area contributed by atoms with Crippen molar-refractivity contribution < 1.29 is 9.32 Å². The molecule has 0 saturated heterocycles. The fourth-order valence-corrected chi connectivity index (χ4v) is 3.69. The molecule has 1 N–H and O–H groups in total. The van der Waals surface area contributed by atoms with Gasteiger partial charge in [0.05, 0.1) is 0 Å². The van der Waals surface area contributed by atoms with E-state index in [9.17, 15) is 9.59 Å². The average molecular weight is 435 g/mol. The number of carbonyl (C=O) groups excluding carboxylic acids is 1. The first-order valence-electron chi connectivity index (χ1n) is 9.95. The van der Waals surface area contributed by atoms with Crippen molar-refractivity contribution in [2.24, 2.45) is 0 Å². The van der Waals surface area contributed by atoms with Gasteiger partial charge in [-0.25, -0.2) is 4.98 Å². The van der Waals surface area contributed by atoms with Crippen molar-refractivity contribution in [2.45, 2.75) is 24.3 Å². The van der Waals surface area contributed by atoms with Gasteiger partial charge in [0.15, 0.2) is 0 Å². The number of carbonyl (C=O) groups is 1. The van der Waals surface area contributed by atoms with Crippen molar-refractivity contribution in [3.63, 3.8) is 0 Å². The highest BCUT2D eigenvalue weighted by Crippen LogP contribution is 2.23. The van der Waals surface area contributed by atoms with Crippen molar-refractivity contribution in [1.82, 2.24) is 20.0 Å². The maximum atomic E-state index is 12.9. The molecule has 0 bridgehead atoms. The lowest BCUT2D eigenvalue weighted by molar-refractivity contribution is -0.121. The first kappa shape index (κ1) is 20.9. The van der Waals surface area contributed by atoms with Crippen molar-refractivity contribution in [3.05, 3.63) is 76.8 Å². The van der Waals surface area contributed by atoms with Crippen molar-refractivity contribution in [2.75, 3.05) is 12.8 Å². The Morgan fingerprint density at radius 1 is 1.13 bits per heavy atom. The molecule has 1 amide bonds. The van der Waals surface area contributed by atoms with Gasteiger partial charge in [-0.3, -0.25) is 14.2 Å². The number of aryl methyl sites for hydroxylation is 1. The summed E-state index contributed by atoms with van der Waals surface area (Å²) >= 11 is 1.70. The van der Waals surface area contributed by atoms with Crippen LogP contribution in [0.3, 0.4) is 0 Å². The summed E-state index contributed by atoms with van der Waals surface area (Å²) in [7, 11) is 0. The van der Waals surface area contributed by atoms with Gasteiger partial charge >= 0.3 is 0 Å². The SMILES string of the molecule is CSc1ccc(CCNC(=O)CCn2cnc3onc(-c4ccccc4)c3c2=O)cc1. The van der Waals surface area contributed by atoms with E-state index in [0.29, 0.717) is 17.6 Å². The normalized spacial score (nSPS) is 11.0. The molecule has 0 aliphatic carbocycles. The Balaban J connectivity index is 1.38. The number of nitrogens with one attached hydrogen (secondary N) is 1. The third-order valence-electron chi connectivity index (χ3n) is 4.99. The number of aromatic nitrogens is 3. The molecule has 0 saturated carbocycles. The zero-order valence-electron chi connectivity index (χ0n) is 17.1. The molecular weight excluding hydrogens is 412 g/mol. The summed E-state index contributed by atoms with van der Waals surface area (Å²) in [5, 5.41) is 7.24. The topological polar surface area (TPSA) is 90.0 Å².